The average Bonchev–Trinajstić information content (AvgIpc) is 2.38. The van der Waals surface area contributed by atoms with E-state index in [4.69, 9.17) is 4.74 Å². The molecule has 4 nitrogen and oxygen atoms in total. The maximum absolute atomic E-state index is 11.8. The van der Waals surface area contributed by atoms with Crippen molar-refractivity contribution in [2.24, 2.45) is 0 Å². The van der Waals surface area contributed by atoms with Gasteiger partial charge in [0.05, 0.1) is 17.6 Å². The highest BCUT2D eigenvalue weighted by molar-refractivity contribution is 7.92. The molecule has 1 N–H and O–H groups in total. The Morgan fingerprint density at radius 1 is 1.37 bits per heavy atom. The number of sulfone groups is 1. The summed E-state index contributed by atoms with van der Waals surface area (Å²) in [6.45, 7) is 4.60. The molecule has 0 amide bonds. The molecule has 1 aromatic carbocycles. The molecule has 0 saturated carbocycles. The van der Waals surface area contributed by atoms with E-state index in [1.165, 1.54) is 0 Å². The number of fused-ring (bicyclic) bond motifs is 1. The van der Waals surface area contributed by atoms with Crippen LogP contribution in [0.15, 0.2) is 24.3 Å². The summed E-state index contributed by atoms with van der Waals surface area (Å²) in [5, 5.41) is 3.02. The molecular weight excluding hydrogens is 262 g/mol. The second kappa shape index (κ2) is 5.92. The summed E-state index contributed by atoms with van der Waals surface area (Å²) in [5.74, 6) is 1.09. The summed E-state index contributed by atoms with van der Waals surface area (Å²) in [7, 11) is -2.97. The van der Waals surface area contributed by atoms with Crippen molar-refractivity contribution in [2.45, 2.75) is 31.6 Å². The summed E-state index contributed by atoms with van der Waals surface area (Å²) in [6, 6.07) is 8.10. The molecule has 2 rings (SSSR count). The van der Waals surface area contributed by atoms with Gasteiger partial charge in [0.15, 0.2) is 9.84 Å². The lowest BCUT2D eigenvalue weighted by molar-refractivity contribution is 0.254. The first kappa shape index (κ1) is 14.3. The molecule has 0 aliphatic carbocycles. The van der Waals surface area contributed by atoms with Gasteiger partial charge in [0, 0.05) is 24.6 Å². The topological polar surface area (TPSA) is 55.4 Å². The molecule has 19 heavy (non-hydrogen) atoms. The molecule has 106 valence electrons. The van der Waals surface area contributed by atoms with Crippen LogP contribution in [0.25, 0.3) is 0 Å². The summed E-state index contributed by atoms with van der Waals surface area (Å²) < 4.78 is 29.1. The summed E-state index contributed by atoms with van der Waals surface area (Å²) in [4.78, 5) is 0. The smallest absolute Gasteiger partial charge is 0.153 e. The largest absolute Gasteiger partial charge is 0.493 e. The number of ether oxygens (including phenoxy) is 1. The quantitative estimate of drug-likeness (QED) is 0.897. The number of hydrogen-bond donors (Lipinski definition) is 1. The number of hydrogen-bond acceptors (Lipinski definition) is 4. The standard InChI is InChI=1S/C14H21NO3S/c1-11(2)19(16,17)10-8-15-13-7-9-18-14-6-4-3-5-12(13)14/h3-6,11,13,15H,7-10H2,1-2H3. The number of nitrogens with one attached hydrogen (secondary N) is 1. The predicted octanol–water partition coefficient (Wildman–Crippen LogP) is 1.92. The van der Waals surface area contributed by atoms with E-state index in [-0.39, 0.29) is 17.0 Å². The van der Waals surface area contributed by atoms with Gasteiger partial charge in [0.25, 0.3) is 0 Å². The first-order chi connectivity index (χ1) is 9.00. The summed E-state index contributed by atoms with van der Waals surface area (Å²) >= 11 is 0. The average molecular weight is 283 g/mol. The van der Waals surface area contributed by atoms with Crippen LogP contribution in [-0.4, -0.2) is 32.6 Å². The maximum atomic E-state index is 11.8. The van der Waals surface area contributed by atoms with Crippen LogP contribution in [0.3, 0.4) is 0 Å². The van der Waals surface area contributed by atoms with Crippen molar-refractivity contribution in [1.29, 1.82) is 0 Å². The van der Waals surface area contributed by atoms with Gasteiger partial charge in [-0.05, 0) is 19.9 Å². The van der Waals surface area contributed by atoms with Crippen LogP contribution in [0.1, 0.15) is 31.9 Å². The SMILES string of the molecule is CC(C)S(=O)(=O)CCNC1CCOc2ccccc21. The van der Waals surface area contributed by atoms with Gasteiger partial charge in [-0.15, -0.1) is 0 Å². The Bertz CT molecular complexity index is 525. The Balaban J connectivity index is 1.95. The van der Waals surface area contributed by atoms with Gasteiger partial charge in [0.1, 0.15) is 5.75 Å². The van der Waals surface area contributed by atoms with E-state index >= 15 is 0 Å². The molecule has 1 atom stereocenters. The zero-order valence-electron chi connectivity index (χ0n) is 11.4. The van der Waals surface area contributed by atoms with E-state index in [1.54, 1.807) is 13.8 Å². The van der Waals surface area contributed by atoms with E-state index < -0.39 is 9.84 Å². The third-order valence-electron chi connectivity index (χ3n) is 3.45. The van der Waals surface area contributed by atoms with Crippen molar-refractivity contribution in [1.82, 2.24) is 5.32 Å². The fourth-order valence-electron chi connectivity index (χ4n) is 2.17. The van der Waals surface area contributed by atoms with Gasteiger partial charge in [-0.2, -0.15) is 0 Å². The lowest BCUT2D eigenvalue weighted by Gasteiger charge is -2.26. The van der Waals surface area contributed by atoms with E-state index in [0.717, 1.165) is 17.7 Å². The fourth-order valence-corrected chi connectivity index (χ4v) is 3.04. The van der Waals surface area contributed by atoms with Gasteiger partial charge in [-0.3, -0.25) is 0 Å². The summed E-state index contributed by atoms with van der Waals surface area (Å²) in [6.07, 6.45) is 0.874. The highest BCUT2D eigenvalue weighted by Crippen LogP contribution is 2.31. The van der Waals surface area contributed by atoms with Crippen LogP contribution in [0.5, 0.6) is 5.75 Å². The molecule has 0 radical (unpaired) electrons. The zero-order valence-corrected chi connectivity index (χ0v) is 12.2. The van der Waals surface area contributed by atoms with Gasteiger partial charge in [0.2, 0.25) is 0 Å². The second-order valence-corrected chi connectivity index (χ2v) is 7.77. The van der Waals surface area contributed by atoms with Crippen LogP contribution in [-0.2, 0) is 9.84 Å². The Hall–Kier alpha value is -1.07. The molecule has 1 aromatic rings. The lowest BCUT2D eigenvalue weighted by atomic mass is 10.0. The van der Waals surface area contributed by atoms with E-state index in [9.17, 15) is 8.42 Å². The Morgan fingerprint density at radius 2 is 2.11 bits per heavy atom. The number of para-hydroxylation sites is 1. The van der Waals surface area contributed by atoms with Crippen LogP contribution in [0.4, 0.5) is 0 Å². The minimum Gasteiger partial charge on any atom is -0.493 e. The van der Waals surface area contributed by atoms with Crippen molar-refractivity contribution >= 4 is 9.84 Å². The highest BCUT2D eigenvalue weighted by Gasteiger charge is 2.22. The Labute approximate surface area is 115 Å². The van der Waals surface area contributed by atoms with Crippen LogP contribution in [0, 0.1) is 0 Å². The normalized spacial score (nSPS) is 19.0. The second-order valence-electron chi connectivity index (χ2n) is 5.10. The monoisotopic (exact) mass is 283 g/mol. The van der Waals surface area contributed by atoms with Gasteiger partial charge >= 0.3 is 0 Å². The predicted molar refractivity (Wildman–Crippen MR) is 76.2 cm³/mol. The van der Waals surface area contributed by atoms with Crippen LogP contribution >= 0.6 is 0 Å². The van der Waals surface area contributed by atoms with Gasteiger partial charge < -0.3 is 10.1 Å². The minimum absolute atomic E-state index is 0.185. The molecule has 0 bridgehead atoms. The first-order valence-electron chi connectivity index (χ1n) is 6.67. The third kappa shape index (κ3) is 3.48. The molecule has 5 heteroatoms. The van der Waals surface area contributed by atoms with Crippen molar-refractivity contribution in [3.63, 3.8) is 0 Å². The van der Waals surface area contributed by atoms with Crippen molar-refractivity contribution in [2.75, 3.05) is 18.9 Å². The molecule has 1 aliphatic rings. The number of benzene rings is 1. The van der Waals surface area contributed by atoms with Gasteiger partial charge in [-0.25, -0.2) is 8.42 Å². The van der Waals surface area contributed by atoms with Crippen LogP contribution < -0.4 is 10.1 Å². The molecule has 1 aliphatic heterocycles. The molecule has 0 spiro atoms. The minimum atomic E-state index is -2.97. The first-order valence-corrected chi connectivity index (χ1v) is 8.39. The number of rotatable bonds is 5. The fraction of sp³-hybridized carbons (Fsp3) is 0.571. The third-order valence-corrected chi connectivity index (χ3v) is 5.66. The molecule has 1 unspecified atom stereocenters. The zero-order chi connectivity index (χ0) is 13.9. The lowest BCUT2D eigenvalue weighted by Crippen LogP contribution is -2.32. The van der Waals surface area contributed by atoms with E-state index in [0.29, 0.717) is 13.2 Å². The molecule has 1 heterocycles. The highest BCUT2D eigenvalue weighted by atomic mass is 32.2. The van der Waals surface area contributed by atoms with E-state index in [1.807, 2.05) is 24.3 Å². The Morgan fingerprint density at radius 3 is 2.84 bits per heavy atom. The van der Waals surface area contributed by atoms with Gasteiger partial charge in [-0.1, -0.05) is 18.2 Å². The molecule has 0 fully saturated rings. The molecular formula is C14H21NO3S. The van der Waals surface area contributed by atoms with E-state index in [2.05, 4.69) is 5.32 Å². The van der Waals surface area contributed by atoms with Crippen molar-refractivity contribution in [3.8, 4) is 5.75 Å². The van der Waals surface area contributed by atoms with Crippen LogP contribution in [0.2, 0.25) is 0 Å². The maximum Gasteiger partial charge on any atom is 0.153 e. The molecule has 0 saturated heterocycles. The molecule has 0 aromatic heterocycles. The van der Waals surface area contributed by atoms with Crippen molar-refractivity contribution < 1.29 is 13.2 Å². The van der Waals surface area contributed by atoms with Crippen molar-refractivity contribution in [3.05, 3.63) is 29.8 Å². The summed E-state index contributed by atoms with van der Waals surface area (Å²) in [5.41, 5.74) is 1.12. The Kier molecular flexibility index (Phi) is 4.47.